The van der Waals surface area contributed by atoms with Gasteiger partial charge in [-0.1, -0.05) is 36.4 Å². The lowest BCUT2D eigenvalue weighted by molar-refractivity contribution is 0.953. The van der Waals surface area contributed by atoms with Crippen LogP contribution in [-0.4, -0.2) is 15.4 Å². The van der Waals surface area contributed by atoms with Crippen LogP contribution in [0.5, 0.6) is 0 Å². The molecule has 1 aliphatic heterocycles. The summed E-state index contributed by atoms with van der Waals surface area (Å²) < 4.78 is 0. The molecule has 0 amide bonds. The van der Waals surface area contributed by atoms with Gasteiger partial charge < -0.3 is 0 Å². The van der Waals surface area contributed by atoms with E-state index in [0.29, 0.717) is 0 Å². The average Bonchev–Trinajstić information content (AvgIpc) is 2.61. The minimum atomic E-state index is 0.839. The first-order chi connectivity index (χ1) is 6.95. The predicted octanol–water partition coefficient (Wildman–Crippen LogP) is 2.13. The van der Waals surface area contributed by atoms with Crippen LogP contribution in [0.25, 0.3) is 22.2 Å². The highest BCUT2D eigenvalue weighted by Gasteiger charge is 2.08. The van der Waals surface area contributed by atoms with E-state index < -0.39 is 0 Å². The van der Waals surface area contributed by atoms with Gasteiger partial charge in [0.05, 0.1) is 0 Å². The van der Waals surface area contributed by atoms with Gasteiger partial charge in [-0.25, -0.2) is 0 Å². The van der Waals surface area contributed by atoms with Crippen LogP contribution in [0.2, 0.25) is 0 Å². The Morgan fingerprint density at radius 2 is 1.64 bits per heavy atom. The normalized spacial score (nSPS) is 10.9. The fraction of sp³-hybridized carbons (Fsp3) is 0. The quantitative estimate of drug-likeness (QED) is 0.533. The van der Waals surface area contributed by atoms with Crippen LogP contribution in [0.3, 0.4) is 0 Å². The van der Waals surface area contributed by atoms with Crippen molar-refractivity contribution in [1.82, 2.24) is 15.4 Å². The van der Waals surface area contributed by atoms with Gasteiger partial charge >= 0.3 is 0 Å². The summed E-state index contributed by atoms with van der Waals surface area (Å²) in [5.41, 5.74) is 1.71. The van der Waals surface area contributed by atoms with Gasteiger partial charge in [-0.2, -0.15) is 0 Å². The van der Waals surface area contributed by atoms with Crippen molar-refractivity contribution >= 4 is 10.8 Å². The Bertz CT molecular complexity index is 562. The van der Waals surface area contributed by atoms with Gasteiger partial charge in [0.2, 0.25) is 0 Å². The zero-order chi connectivity index (χ0) is 9.38. The highest BCUT2D eigenvalue weighted by molar-refractivity contribution is 5.93. The van der Waals surface area contributed by atoms with Gasteiger partial charge in [0.15, 0.2) is 0 Å². The van der Waals surface area contributed by atoms with E-state index in [1.54, 1.807) is 0 Å². The lowest BCUT2D eigenvalue weighted by Gasteiger charge is -1.92. The van der Waals surface area contributed by atoms with E-state index in [0.717, 1.165) is 22.2 Å². The third kappa shape index (κ3) is 0.956. The van der Waals surface area contributed by atoms with E-state index in [2.05, 4.69) is 27.5 Å². The van der Waals surface area contributed by atoms with Gasteiger partial charge in [0, 0.05) is 5.39 Å². The molecule has 3 rings (SSSR count). The van der Waals surface area contributed by atoms with E-state index in [4.69, 9.17) is 0 Å². The Morgan fingerprint density at radius 1 is 0.786 bits per heavy atom. The Balaban J connectivity index is 2.56. The summed E-state index contributed by atoms with van der Waals surface area (Å²) in [6.07, 6.45) is 0. The number of hydrogen-bond donors (Lipinski definition) is 0. The summed E-state index contributed by atoms with van der Waals surface area (Å²) in [5, 5.41) is 13.9. The van der Waals surface area contributed by atoms with Crippen molar-refractivity contribution in [3.63, 3.8) is 0 Å². The van der Waals surface area contributed by atoms with Crippen molar-refractivity contribution in [2.75, 3.05) is 0 Å². The minimum absolute atomic E-state index is 0.839. The molecule has 1 aliphatic carbocycles. The number of fused-ring (bicyclic) bond motifs is 3. The Kier molecular flexibility index (Phi) is 1.44. The van der Waals surface area contributed by atoms with Crippen molar-refractivity contribution in [3.8, 4) is 11.4 Å². The van der Waals surface area contributed by atoms with Gasteiger partial charge in [-0.15, -0.1) is 10.2 Å². The van der Waals surface area contributed by atoms with Crippen molar-refractivity contribution < 1.29 is 0 Å². The molecular formula is C11H7N3. The monoisotopic (exact) mass is 181 g/mol. The molecule has 2 aliphatic rings. The van der Waals surface area contributed by atoms with Crippen molar-refractivity contribution in [3.05, 3.63) is 42.5 Å². The number of hydrogen-bond acceptors (Lipinski definition) is 3. The highest BCUT2D eigenvalue weighted by Crippen LogP contribution is 2.24. The molecule has 0 aromatic heterocycles. The average molecular weight is 181 g/mol. The number of rotatable bonds is 0. The summed E-state index contributed by atoms with van der Waals surface area (Å²) in [6, 6.07) is 14.1. The molecule has 3 heteroatoms. The molecule has 1 heterocycles. The first kappa shape index (κ1) is 7.38. The first-order valence-corrected chi connectivity index (χ1v) is 4.42. The second kappa shape index (κ2) is 2.73. The third-order valence-corrected chi connectivity index (χ3v) is 2.29. The number of benzene rings is 1. The fourth-order valence-electron chi connectivity index (χ4n) is 1.62. The smallest absolute Gasteiger partial charge is 0.123 e. The lowest BCUT2D eigenvalue weighted by Crippen LogP contribution is -1.74. The summed E-state index contributed by atoms with van der Waals surface area (Å²) in [5.74, 6) is 0. The Hall–Kier alpha value is -2.03. The van der Waals surface area contributed by atoms with Crippen molar-refractivity contribution in [1.29, 1.82) is 0 Å². The summed E-state index contributed by atoms with van der Waals surface area (Å²) in [4.78, 5) is 0. The van der Waals surface area contributed by atoms with Crippen LogP contribution in [-0.2, 0) is 0 Å². The molecule has 0 unspecified atom stereocenters. The topological polar surface area (TPSA) is 38.7 Å². The van der Waals surface area contributed by atoms with Crippen LogP contribution in [0.1, 0.15) is 0 Å². The van der Waals surface area contributed by atoms with E-state index in [1.165, 1.54) is 0 Å². The second-order valence-electron chi connectivity index (χ2n) is 3.14. The van der Waals surface area contributed by atoms with Crippen LogP contribution in [0.4, 0.5) is 0 Å². The molecule has 0 spiro atoms. The van der Waals surface area contributed by atoms with E-state index in [1.807, 2.05) is 30.3 Å². The number of aromatic nitrogens is 3. The van der Waals surface area contributed by atoms with Crippen LogP contribution >= 0.6 is 0 Å². The van der Waals surface area contributed by atoms with Crippen LogP contribution in [0, 0.1) is 0 Å². The number of nitrogens with zero attached hydrogens (tertiary/aromatic N) is 3. The summed E-state index contributed by atoms with van der Waals surface area (Å²) in [6.45, 7) is 0. The zero-order valence-electron chi connectivity index (χ0n) is 7.38. The second-order valence-corrected chi connectivity index (χ2v) is 3.14. The molecule has 0 radical (unpaired) electrons. The maximum absolute atomic E-state index is 4.03. The Labute approximate surface area is 80.7 Å². The summed E-state index contributed by atoms with van der Waals surface area (Å²) >= 11 is 0. The molecule has 0 saturated carbocycles. The predicted molar refractivity (Wildman–Crippen MR) is 54.0 cm³/mol. The van der Waals surface area contributed by atoms with Gasteiger partial charge in [-0.05, 0) is 16.7 Å². The van der Waals surface area contributed by atoms with Crippen molar-refractivity contribution in [2.24, 2.45) is 0 Å². The van der Waals surface area contributed by atoms with Crippen LogP contribution < -0.4 is 0 Å². The molecule has 1 aromatic rings. The maximum Gasteiger partial charge on any atom is 0.123 e. The minimum Gasteiger partial charge on any atom is -0.128 e. The molecule has 1 aromatic carbocycles. The molecular weight excluding hydrogens is 174 g/mol. The molecule has 66 valence electrons. The van der Waals surface area contributed by atoms with Crippen LogP contribution in [0.15, 0.2) is 42.5 Å². The molecule has 0 saturated heterocycles. The Morgan fingerprint density at radius 3 is 2.64 bits per heavy atom. The maximum atomic E-state index is 4.03. The molecule has 0 N–H and O–H groups in total. The lowest BCUT2D eigenvalue weighted by atomic mass is 10.1. The third-order valence-electron chi connectivity index (χ3n) is 2.29. The van der Waals surface area contributed by atoms with Crippen molar-refractivity contribution in [2.45, 2.75) is 0 Å². The molecule has 0 atom stereocenters. The van der Waals surface area contributed by atoms with Gasteiger partial charge in [0.1, 0.15) is 11.4 Å². The van der Waals surface area contributed by atoms with E-state index in [-0.39, 0.29) is 0 Å². The first-order valence-electron chi connectivity index (χ1n) is 4.42. The molecule has 0 fully saturated rings. The molecule has 3 nitrogen and oxygen atoms in total. The van der Waals surface area contributed by atoms with E-state index >= 15 is 0 Å². The largest absolute Gasteiger partial charge is 0.128 e. The zero-order valence-corrected chi connectivity index (χ0v) is 7.38. The van der Waals surface area contributed by atoms with Gasteiger partial charge in [-0.3, -0.25) is 0 Å². The summed E-state index contributed by atoms with van der Waals surface area (Å²) in [7, 11) is 0. The highest BCUT2D eigenvalue weighted by atomic mass is 15.3. The molecule has 14 heavy (non-hydrogen) atoms. The fourth-order valence-corrected chi connectivity index (χ4v) is 1.62. The molecule has 0 bridgehead atoms. The SMILES string of the molecule is c1ccc2c3nnnc-3cccc2c1. The van der Waals surface area contributed by atoms with Gasteiger partial charge in [0.25, 0.3) is 0 Å². The standard InChI is InChI=1S/C11H7N3/c1-2-6-9-8(4-1)5-3-7-10-11(9)13-14-12-10/h1-7H. The van der Waals surface area contributed by atoms with E-state index in [9.17, 15) is 0 Å².